The van der Waals surface area contributed by atoms with Gasteiger partial charge in [-0.25, -0.2) is 4.99 Å². The molecule has 20 heavy (non-hydrogen) atoms. The summed E-state index contributed by atoms with van der Waals surface area (Å²) in [6.07, 6.45) is 5.12. The van der Waals surface area contributed by atoms with Crippen LogP contribution in [0.4, 0.5) is 0 Å². The highest BCUT2D eigenvalue weighted by Crippen LogP contribution is 2.15. The maximum atomic E-state index is 11.9. The van der Waals surface area contributed by atoms with Gasteiger partial charge < -0.3 is 5.32 Å². The summed E-state index contributed by atoms with van der Waals surface area (Å²) in [7, 11) is 0. The second kappa shape index (κ2) is 5.09. The highest BCUT2D eigenvalue weighted by molar-refractivity contribution is 6.19. The van der Waals surface area contributed by atoms with Gasteiger partial charge in [-0.1, -0.05) is 29.8 Å². The lowest BCUT2D eigenvalue weighted by Crippen LogP contribution is -2.24. The molecule has 1 N–H and O–H groups in total. The quantitative estimate of drug-likeness (QED) is 0.845. The maximum Gasteiger partial charge on any atom is 0.275 e. The van der Waals surface area contributed by atoms with Crippen LogP contribution in [0.5, 0.6) is 0 Å². The molecule has 0 fully saturated rings. The highest BCUT2D eigenvalue weighted by atomic mass is 16.2. The number of carbonyl (C=O) groups is 1. The maximum absolute atomic E-state index is 11.9. The first-order chi connectivity index (χ1) is 9.72. The van der Waals surface area contributed by atoms with E-state index in [0.29, 0.717) is 11.5 Å². The Labute approximate surface area is 116 Å². The predicted molar refractivity (Wildman–Crippen MR) is 78.1 cm³/mol. The number of nitrogens with one attached hydrogen (secondary N) is 1. The summed E-state index contributed by atoms with van der Waals surface area (Å²) in [5.74, 6) is 0.410. The molecular formula is C16H13N3O. The third-order valence-corrected chi connectivity index (χ3v) is 3.03. The standard InChI is InChI=1S/C16H13N3O/c1-11-2-4-13(5-3-11)15-18-14(16(20)19-15)10-12-6-8-17-9-7-12/h2-10H,1H3,(H,18,19,20)/b14-10+. The third kappa shape index (κ3) is 2.49. The van der Waals surface area contributed by atoms with E-state index in [0.717, 1.165) is 11.1 Å². The number of carbonyl (C=O) groups excluding carboxylic acids is 1. The van der Waals surface area contributed by atoms with E-state index in [1.807, 2.05) is 43.3 Å². The summed E-state index contributed by atoms with van der Waals surface area (Å²) >= 11 is 0. The van der Waals surface area contributed by atoms with E-state index in [4.69, 9.17) is 0 Å². The number of aryl methyl sites for hydroxylation is 1. The molecule has 2 heterocycles. The van der Waals surface area contributed by atoms with Crippen molar-refractivity contribution in [1.82, 2.24) is 10.3 Å². The molecule has 1 aliphatic rings. The molecule has 1 aliphatic heterocycles. The minimum absolute atomic E-state index is 0.183. The van der Waals surface area contributed by atoms with Gasteiger partial charge in [-0.3, -0.25) is 9.78 Å². The van der Waals surface area contributed by atoms with Gasteiger partial charge in [0.25, 0.3) is 5.91 Å². The van der Waals surface area contributed by atoms with Crippen LogP contribution in [-0.4, -0.2) is 16.7 Å². The smallest absolute Gasteiger partial charge is 0.275 e. The molecule has 2 aromatic rings. The van der Waals surface area contributed by atoms with Gasteiger partial charge in [-0.15, -0.1) is 0 Å². The number of hydrogen-bond donors (Lipinski definition) is 1. The van der Waals surface area contributed by atoms with Gasteiger partial charge in [0.15, 0.2) is 0 Å². The zero-order valence-electron chi connectivity index (χ0n) is 11.0. The summed E-state index contributed by atoms with van der Waals surface area (Å²) in [6.45, 7) is 2.02. The zero-order chi connectivity index (χ0) is 13.9. The van der Waals surface area contributed by atoms with Crippen molar-refractivity contribution in [3.05, 3.63) is 71.2 Å². The average molecular weight is 263 g/mol. The molecule has 1 aromatic heterocycles. The monoisotopic (exact) mass is 263 g/mol. The van der Waals surface area contributed by atoms with Crippen LogP contribution in [0, 0.1) is 6.92 Å². The van der Waals surface area contributed by atoms with Gasteiger partial charge in [0.2, 0.25) is 0 Å². The number of aliphatic imine (C=N–C) groups is 1. The Hall–Kier alpha value is -2.75. The molecule has 0 saturated heterocycles. The molecular weight excluding hydrogens is 250 g/mol. The first-order valence-electron chi connectivity index (χ1n) is 6.31. The fourth-order valence-corrected chi connectivity index (χ4v) is 1.93. The Morgan fingerprint density at radius 2 is 1.75 bits per heavy atom. The topological polar surface area (TPSA) is 54.4 Å². The van der Waals surface area contributed by atoms with Crippen molar-refractivity contribution in [1.29, 1.82) is 0 Å². The first kappa shape index (κ1) is 12.3. The number of pyridine rings is 1. The van der Waals surface area contributed by atoms with E-state index in [1.54, 1.807) is 18.5 Å². The van der Waals surface area contributed by atoms with E-state index in [-0.39, 0.29) is 5.91 Å². The Kier molecular flexibility index (Phi) is 3.13. The molecule has 0 atom stereocenters. The summed E-state index contributed by atoms with van der Waals surface area (Å²) in [6, 6.07) is 11.6. The second-order valence-electron chi connectivity index (χ2n) is 4.59. The zero-order valence-corrected chi connectivity index (χ0v) is 11.0. The minimum Gasteiger partial charge on any atom is -0.305 e. The van der Waals surface area contributed by atoms with Crippen LogP contribution >= 0.6 is 0 Å². The number of rotatable bonds is 2. The third-order valence-electron chi connectivity index (χ3n) is 3.03. The molecule has 0 bridgehead atoms. The largest absolute Gasteiger partial charge is 0.305 e. The lowest BCUT2D eigenvalue weighted by molar-refractivity contribution is -0.115. The SMILES string of the molecule is Cc1ccc(C2=N/C(=C/c3ccncc3)C(=O)N2)cc1. The summed E-state index contributed by atoms with van der Waals surface area (Å²) < 4.78 is 0. The summed E-state index contributed by atoms with van der Waals surface area (Å²) in [4.78, 5) is 20.2. The van der Waals surface area contributed by atoms with E-state index in [9.17, 15) is 4.79 Å². The van der Waals surface area contributed by atoms with Crippen LogP contribution in [0.2, 0.25) is 0 Å². The van der Waals surface area contributed by atoms with E-state index >= 15 is 0 Å². The molecule has 0 saturated carbocycles. The Bertz CT molecular complexity index is 700. The van der Waals surface area contributed by atoms with Crippen molar-refractivity contribution in [2.75, 3.05) is 0 Å². The van der Waals surface area contributed by atoms with Gasteiger partial charge in [0.1, 0.15) is 11.5 Å². The molecule has 4 heteroatoms. The molecule has 0 spiro atoms. The fraction of sp³-hybridized carbons (Fsp3) is 0.0625. The average Bonchev–Trinajstić information content (AvgIpc) is 2.82. The summed E-state index contributed by atoms with van der Waals surface area (Å²) in [5, 5.41) is 2.79. The van der Waals surface area contributed by atoms with Crippen LogP contribution < -0.4 is 5.32 Å². The van der Waals surface area contributed by atoms with Gasteiger partial charge in [0, 0.05) is 18.0 Å². The number of hydrogen-bond acceptors (Lipinski definition) is 3. The van der Waals surface area contributed by atoms with E-state index in [1.165, 1.54) is 5.56 Å². The highest BCUT2D eigenvalue weighted by Gasteiger charge is 2.20. The lowest BCUT2D eigenvalue weighted by atomic mass is 10.1. The predicted octanol–water partition coefficient (Wildman–Crippen LogP) is 2.31. The van der Waals surface area contributed by atoms with Crippen LogP contribution in [0.1, 0.15) is 16.7 Å². The molecule has 0 radical (unpaired) electrons. The van der Waals surface area contributed by atoms with Crippen molar-refractivity contribution < 1.29 is 4.79 Å². The van der Waals surface area contributed by atoms with Gasteiger partial charge >= 0.3 is 0 Å². The van der Waals surface area contributed by atoms with Crippen molar-refractivity contribution in [2.45, 2.75) is 6.92 Å². The van der Waals surface area contributed by atoms with E-state index in [2.05, 4.69) is 15.3 Å². The number of aromatic nitrogens is 1. The molecule has 0 unspecified atom stereocenters. The van der Waals surface area contributed by atoms with Crippen LogP contribution in [0.15, 0.2) is 59.5 Å². The minimum atomic E-state index is -0.183. The second-order valence-corrected chi connectivity index (χ2v) is 4.59. The molecule has 1 aromatic carbocycles. The summed E-state index contributed by atoms with van der Waals surface area (Å²) in [5.41, 5.74) is 3.39. The number of amidine groups is 1. The van der Waals surface area contributed by atoms with Crippen LogP contribution in [0.25, 0.3) is 6.08 Å². The number of amides is 1. The molecule has 98 valence electrons. The van der Waals surface area contributed by atoms with Crippen molar-refractivity contribution in [2.24, 2.45) is 4.99 Å². The molecule has 4 nitrogen and oxygen atoms in total. The number of benzene rings is 1. The Morgan fingerprint density at radius 1 is 1.05 bits per heavy atom. The normalized spacial score (nSPS) is 16.1. The first-order valence-corrected chi connectivity index (χ1v) is 6.31. The Balaban J connectivity index is 1.93. The molecule has 1 amide bonds. The number of nitrogens with zero attached hydrogens (tertiary/aromatic N) is 2. The van der Waals surface area contributed by atoms with Gasteiger partial charge in [0.05, 0.1) is 0 Å². The molecule has 3 rings (SSSR count). The van der Waals surface area contributed by atoms with Gasteiger partial charge in [-0.2, -0.15) is 0 Å². The lowest BCUT2D eigenvalue weighted by Gasteiger charge is -2.00. The van der Waals surface area contributed by atoms with Crippen molar-refractivity contribution >= 4 is 17.8 Å². The molecule has 0 aliphatic carbocycles. The van der Waals surface area contributed by atoms with Crippen molar-refractivity contribution in [3.8, 4) is 0 Å². The Morgan fingerprint density at radius 3 is 2.45 bits per heavy atom. The van der Waals surface area contributed by atoms with Crippen LogP contribution in [-0.2, 0) is 4.79 Å². The van der Waals surface area contributed by atoms with E-state index < -0.39 is 0 Å². The van der Waals surface area contributed by atoms with Crippen molar-refractivity contribution in [3.63, 3.8) is 0 Å². The van der Waals surface area contributed by atoms with Gasteiger partial charge in [-0.05, 0) is 30.7 Å². The van der Waals surface area contributed by atoms with Crippen LogP contribution in [0.3, 0.4) is 0 Å². The fourth-order valence-electron chi connectivity index (χ4n) is 1.93.